The average Bonchev–Trinajstić information content (AvgIpc) is 3.42. The summed E-state index contributed by atoms with van der Waals surface area (Å²) in [6.07, 6.45) is 1.57. The van der Waals surface area contributed by atoms with Crippen LogP contribution in [0.2, 0.25) is 0 Å². The Morgan fingerprint density at radius 1 is 1.00 bits per heavy atom. The molecule has 0 radical (unpaired) electrons. The number of amides is 1. The molecule has 0 saturated carbocycles. The molecule has 2 aromatic carbocycles. The zero-order chi connectivity index (χ0) is 23.8. The number of carbonyl (C=O) groups excluding carboxylic acids is 2. The van der Waals surface area contributed by atoms with Gasteiger partial charge in [-0.3, -0.25) is 19.5 Å². The van der Waals surface area contributed by atoms with Crippen LogP contribution in [0.5, 0.6) is 11.5 Å². The molecule has 3 heterocycles. The summed E-state index contributed by atoms with van der Waals surface area (Å²) >= 11 is 1.29. The maximum Gasteiger partial charge on any atom is 0.301 e. The van der Waals surface area contributed by atoms with Gasteiger partial charge in [-0.1, -0.05) is 29.5 Å². The molecule has 1 N–H and O–H groups in total. The first-order chi connectivity index (χ1) is 16.5. The molecule has 4 aromatic rings. The summed E-state index contributed by atoms with van der Waals surface area (Å²) in [7, 11) is 2.98. The Hall–Kier alpha value is -4.24. The van der Waals surface area contributed by atoms with E-state index in [1.165, 1.54) is 30.5 Å². The van der Waals surface area contributed by atoms with Gasteiger partial charge in [-0.05, 0) is 42.5 Å². The lowest BCUT2D eigenvalue weighted by molar-refractivity contribution is -0.132. The summed E-state index contributed by atoms with van der Waals surface area (Å²) in [5.41, 5.74) is 1.38. The lowest BCUT2D eigenvalue weighted by Crippen LogP contribution is -2.29. The lowest BCUT2D eigenvalue weighted by Gasteiger charge is -2.22. The number of para-hydroxylation sites is 1. The largest absolute Gasteiger partial charge is 0.507 e. The van der Waals surface area contributed by atoms with Crippen molar-refractivity contribution in [3.05, 3.63) is 83.7 Å². The second kappa shape index (κ2) is 8.60. The van der Waals surface area contributed by atoms with Gasteiger partial charge < -0.3 is 14.6 Å². The van der Waals surface area contributed by atoms with Crippen LogP contribution in [0.4, 0.5) is 5.13 Å². The molecule has 5 rings (SSSR count). The fourth-order valence-electron chi connectivity index (χ4n) is 3.95. The van der Waals surface area contributed by atoms with Crippen molar-refractivity contribution in [1.29, 1.82) is 0 Å². The second-order valence-corrected chi connectivity index (χ2v) is 8.47. The van der Waals surface area contributed by atoms with Crippen molar-refractivity contribution < 1.29 is 24.2 Å². The van der Waals surface area contributed by atoms with E-state index in [0.29, 0.717) is 33.4 Å². The van der Waals surface area contributed by atoms with Crippen molar-refractivity contribution in [3.63, 3.8) is 0 Å². The highest BCUT2D eigenvalue weighted by Gasteiger charge is 2.48. The number of methoxy groups -OCH3 is 2. The van der Waals surface area contributed by atoms with Crippen LogP contribution in [0.3, 0.4) is 0 Å². The summed E-state index contributed by atoms with van der Waals surface area (Å²) in [4.78, 5) is 36.8. The molecule has 9 heteroatoms. The third kappa shape index (κ3) is 3.46. The van der Waals surface area contributed by atoms with Gasteiger partial charge >= 0.3 is 5.91 Å². The molecule has 8 nitrogen and oxygen atoms in total. The Balaban J connectivity index is 1.71. The minimum absolute atomic E-state index is 0.0739. The fourth-order valence-corrected chi connectivity index (χ4v) is 4.94. The van der Waals surface area contributed by atoms with Crippen molar-refractivity contribution in [1.82, 2.24) is 9.97 Å². The monoisotopic (exact) mass is 473 g/mol. The average molecular weight is 474 g/mol. The first kappa shape index (κ1) is 21.6. The summed E-state index contributed by atoms with van der Waals surface area (Å²) in [5.74, 6) is -1.09. The van der Waals surface area contributed by atoms with Gasteiger partial charge in [-0.25, -0.2) is 4.98 Å². The Morgan fingerprint density at radius 3 is 2.47 bits per heavy atom. The smallest absolute Gasteiger partial charge is 0.301 e. The predicted molar refractivity (Wildman–Crippen MR) is 128 cm³/mol. The quantitative estimate of drug-likeness (QED) is 0.261. The number of hydrogen-bond donors (Lipinski definition) is 1. The number of anilines is 1. The van der Waals surface area contributed by atoms with Crippen LogP contribution in [-0.2, 0) is 9.59 Å². The van der Waals surface area contributed by atoms with Crippen molar-refractivity contribution in [3.8, 4) is 11.5 Å². The molecule has 1 fully saturated rings. The van der Waals surface area contributed by atoms with Gasteiger partial charge in [0.05, 0.1) is 35.7 Å². The van der Waals surface area contributed by atoms with Gasteiger partial charge in [0.15, 0.2) is 16.6 Å². The second-order valence-electron chi connectivity index (χ2n) is 7.46. The van der Waals surface area contributed by atoms with Crippen LogP contribution in [0, 0.1) is 0 Å². The topological polar surface area (TPSA) is 102 Å². The van der Waals surface area contributed by atoms with E-state index in [9.17, 15) is 14.7 Å². The molecule has 0 aliphatic carbocycles. The zero-order valence-electron chi connectivity index (χ0n) is 18.3. The number of nitrogens with zero attached hydrogens (tertiary/aromatic N) is 3. The third-order valence-electron chi connectivity index (χ3n) is 5.56. The van der Waals surface area contributed by atoms with E-state index < -0.39 is 17.7 Å². The highest BCUT2D eigenvalue weighted by molar-refractivity contribution is 7.22. The summed E-state index contributed by atoms with van der Waals surface area (Å²) in [5, 5.41) is 11.6. The van der Waals surface area contributed by atoms with Crippen molar-refractivity contribution >= 4 is 44.1 Å². The highest BCUT2D eigenvalue weighted by atomic mass is 32.1. The highest BCUT2D eigenvalue weighted by Crippen LogP contribution is 2.44. The van der Waals surface area contributed by atoms with Crippen LogP contribution < -0.4 is 14.4 Å². The van der Waals surface area contributed by atoms with Crippen LogP contribution >= 0.6 is 11.3 Å². The first-order valence-electron chi connectivity index (χ1n) is 10.3. The molecule has 1 amide bonds. The number of rotatable bonds is 5. The molecule has 1 aliphatic rings. The molecule has 1 aliphatic heterocycles. The number of carbonyl (C=O) groups is 2. The fraction of sp³-hybridized carbons (Fsp3) is 0.120. The van der Waals surface area contributed by atoms with E-state index in [-0.39, 0.29) is 11.3 Å². The van der Waals surface area contributed by atoms with Gasteiger partial charge in [0, 0.05) is 11.8 Å². The molecule has 2 aromatic heterocycles. The first-order valence-corrected chi connectivity index (χ1v) is 11.1. The van der Waals surface area contributed by atoms with Crippen molar-refractivity contribution in [2.45, 2.75) is 6.04 Å². The molecular formula is C25H19N3O5S. The molecule has 0 bridgehead atoms. The Kier molecular flexibility index (Phi) is 5.46. The normalized spacial score (nSPS) is 17.4. The Morgan fingerprint density at radius 2 is 1.76 bits per heavy atom. The van der Waals surface area contributed by atoms with Gasteiger partial charge in [0.1, 0.15) is 11.8 Å². The van der Waals surface area contributed by atoms with E-state index >= 15 is 0 Å². The van der Waals surface area contributed by atoms with Crippen molar-refractivity contribution in [2.24, 2.45) is 0 Å². The molecule has 1 unspecified atom stereocenters. The number of fused-ring (bicyclic) bond motifs is 1. The molecule has 1 atom stereocenters. The van der Waals surface area contributed by atoms with Crippen LogP contribution in [0.15, 0.2) is 72.4 Å². The number of aliphatic hydroxyl groups excluding tert-OH is 1. The van der Waals surface area contributed by atoms with E-state index in [4.69, 9.17) is 9.47 Å². The Labute approximate surface area is 198 Å². The number of aliphatic hydroxyl groups is 1. The maximum absolute atomic E-state index is 13.3. The molecule has 0 spiro atoms. The number of aromatic nitrogens is 2. The number of hydrogen-bond acceptors (Lipinski definition) is 8. The number of thiazole rings is 1. The van der Waals surface area contributed by atoms with Crippen LogP contribution in [0.1, 0.15) is 17.3 Å². The molecule has 1 saturated heterocycles. The SMILES string of the molecule is COc1ccc(/C(O)=C2\C(=O)C(=O)N(c3nc4ccccc4s3)C2c2ccccn2)cc1OC. The van der Waals surface area contributed by atoms with Gasteiger partial charge in [0.25, 0.3) is 5.78 Å². The van der Waals surface area contributed by atoms with Crippen LogP contribution in [0.25, 0.3) is 16.0 Å². The Bertz CT molecular complexity index is 1410. The molecular weight excluding hydrogens is 454 g/mol. The third-order valence-corrected chi connectivity index (χ3v) is 6.59. The van der Waals surface area contributed by atoms with E-state index in [0.717, 1.165) is 4.70 Å². The van der Waals surface area contributed by atoms with Gasteiger partial charge in [0.2, 0.25) is 0 Å². The zero-order valence-corrected chi connectivity index (χ0v) is 19.1. The minimum Gasteiger partial charge on any atom is -0.507 e. The number of ketones is 1. The lowest BCUT2D eigenvalue weighted by atomic mass is 9.98. The number of Topliss-reactive ketones (excluding diaryl/α,β-unsaturated/α-hetero) is 1. The van der Waals surface area contributed by atoms with Gasteiger partial charge in [-0.15, -0.1) is 0 Å². The number of benzene rings is 2. The van der Waals surface area contributed by atoms with Crippen molar-refractivity contribution in [2.75, 3.05) is 19.1 Å². The summed E-state index contributed by atoms with van der Waals surface area (Å²) in [6.45, 7) is 0. The van der Waals surface area contributed by atoms with E-state index in [1.54, 1.807) is 42.6 Å². The summed E-state index contributed by atoms with van der Waals surface area (Å²) in [6, 6.07) is 16.5. The number of ether oxygens (including phenoxy) is 2. The minimum atomic E-state index is -0.949. The van der Waals surface area contributed by atoms with E-state index in [2.05, 4.69) is 9.97 Å². The van der Waals surface area contributed by atoms with E-state index in [1.807, 2.05) is 24.3 Å². The standard InChI is InChI=1S/C25H19N3O5S/c1-32-17-11-10-14(13-18(17)33-2)22(29)20-21(16-8-5-6-12-26-16)28(24(31)23(20)30)25-27-15-7-3-4-9-19(15)34-25/h3-13,21,29H,1-2H3/b22-20+. The maximum atomic E-state index is 13.3. The predicted octanol–water partition coefficient (Wildman–Crippen LogP) is 4.33. The molecule has 170 valence electrons. The molecule has 34 heavy (non-hydrogen) atoms. The summed E-state index contributed by atoms with van der Waals surface area (Å²) < 4.78 is 11.5. The van der Waals surface area contributed by atoms with Crippen LogP contribution in [-0.4, -0.2) is 41.0 Å². The van der Waals surface area contributed by atoms with Gasteiger partial charge in [-0.2, -0.15) is 0 Å². The number of pyridine rings is 1.